The summed E-state index contributed by atoms with van der Waals surface area (Å²) in [5.41, 5.74) is 0. The van der Waals surface area contributed by atoms with Crippen molar-refractivity contribution in [3.05, 3.63) is 60.7 Å². The molecule has 1 saturated heterocycles. The third-order valence-corrected chi connectivity index (χ3v) is 6.98. The van der Waals surface area contributed by atoms with Gasteiger partial charge in [-0.05, 0) is 6.92 Å². The molecule has 18 heavy (non-hydrogen) atoms. The van der Waals surface area contributed by atoms with Gasteiger partial charge in [0.2, 0.25) is 0 Å². The van der Waals surface area contributed by atoms with Gasteiger partial charge < -0.3 is 9.88 Å². The van der Waals surface area contributed by atoms with E-state index in [0.717, 1.165) is 10.6 Å². The molecule has 2 aromatic rings. The fourth-order valence-corrected chi connectivity index (χ4v) is 5.65. The molecule has 0 aromatic heterocycles. The predicted molar refractivity (Wildman–Crippen MR) is 76.1 cm³/mol. The van der Waals surface area contributed by atoms with E-state index < -0.39 is 7.14 Å². The van der Waals surface area contributed by atoms with Gasteiger partial charge in [0.1, 0.15) is 0 Å². The maximum Gasteiger partial charge on any atom is 0.160 e. The number of rotatable bonds is 3. The zero-order valence-corrected chi connectivity index (χ0v) is 11.2. The van der Waals surface area contributed by atoms with Gasteiger partial charge in [0.25, 0.3) is 0 Å². The van der Waals surface area contributed by atoms with Crippen molar-refractivity contribution in [2.75, 3.05) is 0 Å². The fourth-order valence-electron chi connectivity index (χ4n) is 2.40. The van der Waals surface area contributed by atoms with E-state index in [0.29, 0.717) is 6.04 Å². The Morgan fingerprint density at radius 2 is 1.28 bits per heavy atom. The summed E-state index contributed by atoms with van der Waals surface area (Å²) in [6, 6.07) is 20.0. The number of hydrogen-bond donors (Lipinski definition) is 1. The van der Waals surface area contributed by atoms with Crippen molar-refractivity contribution in [3.8, 4) is 0 Å². The lowest BCUT2D eigenvalue weighted by Crippen LogP contribution is -2.21. The Morgan fingerprint density at radius 1 is 0.889 bits per heavy atom. The van der Waals surface area contributed by atoms with E-state index in [2.05, 4.69) is 12.2 Å². The van der Waals surface area contributed by atoms with Gasteiger partial charge in [-0.25, -0.2) is 0 Å². The third kappa shape index (κ3) is 1.82. The minimum Gasteiger partial charge on any atom is -0.312 e. The van der Waals surface area contributed by atoms with E-state index in [1.54, 1.807) is 0 Å². The SMILES string of the molecule is C[C@@H]1N[C@@H]1P(=O)(c1ccccc1)c1ccccc1. The van der Waals surface area contributed by atoms with E-state index in [1.807, 2.05) is 60.7 Å². The molecule has 0 spiro atoms. The van der Waals surface area contributed by atoms with Crippen LogP contribution in [0, 0.1) is 0 Å². The van der Waals surface area contributed by atoms with Crippen LogP contribution in [0.25, 0.3) is 0 Å². The fraction of sp³-hybridized carbons (Fsp3) is 0.200. The average molecular weight is 257 g/mol. The first kappa shape index (κ1) is 11.7. The van der Waals surface area contributed by atoms with Crippen molar-refractivity contribution in [1.29, 1.82) is 0 Å². The maximum absolute atomic E-state index is 13.5. The highest BCUT2D eigenvalue weighted by molar-refractivity contribution is 7.79. The van der Waals surface area contributed by atoms with E-state index in [-0.39, 0.29) is 5.78 Å². The number of hydrogen-bond acceptors (Lipinski definition) is 2. The normalized spacial score (nSPS) is 22.7. The minimum absolute atomic E-state index is 0.0855. The van der Waals surface area contributed by atoms with Crippen LogP contribution in [0.1, 0.15) is 6.92 Å². The second-order valence-electron chi connectivity index (χ2n) is 4.73. The van der Waals surface area contributed by atoms with Gasteiger partial charge in [0, 0.05) is 16.7 Å². The maximum atomic E-state index is 13.5. The summed E-state index contributed by atoms with van der Waals surface area (Å²) < 4.78 is 13.5. The molecule has 0 amide bonds. The first-order chi connectivity index (χ1) is 8.73. The van der Waals surface area contributed by atoms with Crippen molar-refractivity contribution in [3.63, 3.8) is 0 Å². The van der Waals surface area contributed by atoms with Crippen LogP contribution in [0.4, 0.5) is 0 Å². The second kappa shape index (κ2) is 4.38. The van der Waals surface area contributed by atoms with Crippen LogP contribution >= 0.6 is 7.14 Å². The molecule has 2 aromatic carbocycles. The second-order valence-corrected chi connectivity index (χ2v) is 7.63. The van der Waals surface area contributed by atoms with Crippen LogP contribution in [0.3, 0.4) is 0 Å². The Bertz CT molecular complexity index is 538. The van der Waals surface area contributed by atoms with Crippen LogP contribution < -0.4 is 15.9 Å². The van der Waals surface area contributed by atoms with Crippen LogP contribution in [0.2, 0.25) is 0 Å². The largest absolute Gasteiger partial charge is 0.312 e. The van der Waals surface area contributed by atoms with Gasteiger partial charge in [-0.2, -0.15) is 0 Å². The van der Waals surface area contributed by atoms with E-state index in [4.69, 9.17) is 0 Å². The Morgan fingerprint density at radius 3 is 1.61 bits per heavy atom. The lowest BCUT2D eigenvalue weighted by atomic mass is 10.4. The van der Waals surface area contributed by atoms with Crippen LogP contribution in [-0.2, 0) is 4.57 Å². The Balaban J connectivity index is 2.14. The molecule has 3 heteroatoms. The van der Waals surface area contributed by atoms with Gasteiger partial charge in [0.05, 0.1) is 5.78 Å². The predicted octanol–water partition coefficient (Wildman–Crippen LogP) is 2.32. The zero-order valence-electron chi connectivity index (χ0n) is 10.3. The van der Waals surface area contributed by atoms with Crippen LogP contribution in [0.5, 0.6) is 0 Å². The Kier molecular flexibility index (Phi) is 2.85. The number of benzene rings is 2. The lowest BCUT2D eigenvalue weighted by molar-refractivity contribution is 0.585. The molecular weight excluding hydrogens is 241 g/mol. The molecular formula is C15H16NOP. The summed E-state index contributed by atoms with van der Waals surface area (Å²) in [7, 11) is -2.55. The van der Waals surface area contributed by atoms with E-state index in [1.165, 1.54) is 0 Å². The molecule has 0 unspecified atom stereocenters. The molecule has 0 radical (unpaired) electrons. The van der Waals surface area contributed by atoms with Gasteiger partial charge >= 0.3 is 0 Å². The first-order valence-electron chi connectivity index (χ1n) is 6.20. The van der Waals surface area contributed by atoms with E-state index >= 15 is 0 Å². The summed E-state index contributed by atoms with van der Waals surface area (Å²) in [5.74, 6) is 0.0855. The van der Waals surface area contributed by atoms with Crippen molar-refractivity contribution < 1.29 is 4.57 Å². The highest BCUT2D eigenvalue weighted by Crippen LogP contribution is 2.53. The Hall–Kier alpha value is -1.37. The molecule has 0 saturated carbocycles. The van der Waals surface area contributed by atoms with Gasteiger partial charge in [-0.15, -0.1) is 0 Å². The summed E-state index contributed by atoms with van der Waals surface area (Å²) in [6.07, 6.45) is 0. The zero-order chi connectivity index (χ0) is 12.6. The molecule has 0 bridgehead atoms. The molecule has 1 aliphatic rings. The Labute approximate surface area is 107 Å². The summed E-state index contributed by atoms with van der Waals surface area (Å²) in [4.78, 5) is 0. The lowest BCUT2D eigenvalue weighted by Gasteiger charge is -2.18. The molecule has 1 heterocycles. The summed E-state index contributed by atoms with van der Waals surface area (Å²) in [6.45, 7) is 2.09. The summed E-state index contributed by atoms with van der Waals surface area (Å²) in [5, 5.41) is 5.19. The highest BCUT2D eigenvalue weighted by Gasteiger charge is 2.48. The molecule has 92 valence electrons. The monoisotopic (exact) mass is 257 g/mol. The first-order valence-corrected chi connectivity index (χ1v) is 7.97. The molecule has 2 atom stereocenters. The van der Waals surface area contributed by atoms with Crippen molar-refractivity contribution in [2.45, 2.75) is 18.7 Å². The van der Waals surface area contributed by atoms with Crippen LogP contribution in [-0.4, -0.2) is 11.8 Å². The smallest absolute Gasteiger partial charge is 0.160 e. The van der Waals surface area contributed by atoms with Crippen LogP contribution in [0.15, 0.2) is 60.7 Å². The molecule has 1 N–H and O–H groups in total. The third-order valence-electron chi connectivity index (χ3n) is 3.47. The van der Waals surface area contributed by atoms with Crippen molar-refractivity contribution >= 4 is 17.8 Å². The van der Waals surface area contributed by atoms with Crippen molar-refractivity contribution in [2.24, 2.45) is 0 Å². The molecule has 1 fully saturated rings. The quantitative estimate of drug-likeness (QED) is 0.677. The average Bonchev–Trinajstić information content (AvgIpc) is 3.17. The van der Waals surface area contributed by atoms with Crippen molar-refractivity contribution in [1.82, 2.24) is 5.32 Å². The summed E-state index contributed by atoms with van der Waals surface area (Å²) >= 11 is 0. The van der Waals surface area contributed by atoms with Gasteiger partial charge in [-0.1, -0.05) is 60.7 Å². The topological polar surface area (TPSA) is 39.0 Å². The van der Waals surface area contributed by atoms with E-state index in [9.17, 15) is 4.57 Å². The minimum atomic E-state index is -2.55. The van der Waals surface area contributed by atoms with Gasteiger partial charge in [0.15, 0.2) is 7.14 Å². The highest BCUT2D eigenvalue weighted by atomic mass is 31.2. The molecule has 1 aliphatic heterocycles. The van der Waals surface area contributed by atoms with Gasteiger partial charge in [-0.3, -0.25) is 0 Å². The molecule has 2 nitrogen and oxygen atoms in total. The number of nitrogens with one attached hydrogen (secondary N) is 1. The molecule has 0 aliphatic carbocycles. The standard InChI is InChI=1S/C15H16NOP/c1-12-15(16-12)18(17,13-8-4-2-5-9-13)14-10-6-3-7-11-14/h2-12,15-16H,1H3/t12-,15+/m0/s1. The molecule has 3 rings (SSSR count).